The van der Waals surface area contributed by atoms with E-state index in [9.17, 15) is 4.79 Å². The van der Waals surface area contributed by atoms with Crippen molar-refractivity contribution >= 4 is 11.6 Å². The van der Waals surface area contributed by atoms with Gasteiger partial charge in [0, 0.05) is 5.69 Å². The second-order valence-corrected chi connectivity index (χ2v) is 5.31. The molecule has 0 aliphatic heterocycles. The number of amides is 1. The summed E-state index contributed by atoms with van der Waals surface area (Å²) >= 11 is 0. The minimum absolute atomic E-state index is 0.00623. The summed E-state index contributed by atoms with van der Waals surface area (Å²) in [5.74, 6) is 1.17. The molecule has 0 aromatic heterocycles. The summed E-state index contributed by atoms with van der Waals surface area (Å²) in [4.78, 5) is 12.2. The largest absolute Gasteiger partial charge is 0.497 e. The molecule has 3 nitrogen and oxygen atoms in total. The second kappa shape index (κ2) is 6.93. The number of benzene rings is 2. The number of hydrogen-bond acceptors (Lipinski definition) is 2. The minimum Gasteiger partial charge on any atom is -0.497 e. The Labute approximate surface area is 126 Å². The van der Waals surface area contributed by atoms with Crippen LogP contribution in [0.15, 0.2) is 48.5 Å². The molecule has 0 atom stereocenters. The van der Waals surface area contributed by atoms with Crippen LogP contribution in [0.5, 0.6) is 5.75 Å². The lowest BCUT2D eigenvalue weighted by Crippen LogP contribution is -2.15. The van der Waals surface area contributed by atoms with E-state index in [1.807, 2.05) is 48.5 Å². The Balaban J connectivity index is 2.04. The highest BCUT2D eigenvalue weighted by atomic mass is 16.5. The van der Waals surface area contributed by atoms with Crippen LogP contribution in [0.25, 0.3) is 0 Å². The molecular weight excluding hydrogens is 262 g/mol. The lowest BCUT2D eigenvalue weighted by atomic mass is 10.0. The third kappa shape index (κ3) is 4.09. The molecule has 0 bridgehead atoms. The highest BCUT2D eigenvalue weighted by molar-refractivity contribution is 5.93. The first-order valence-corrected chi connectivity index (χ1v) is 7.12. The van der Waals surface area contributed by atoms with Crippen LogP contribution in [-0.2, 0) is 11.2 Å². The van der Waals surface area contributed by atoms with Crippen molar-refractivity contribution in [2.45, 2.75) is 26.2 Å². The molecule has 0 saturated heterocycles. The number of anilines is 1. The van der Waals surface area contributed by atoms with Gasteiger partial charge in [0.15, 0.2) is 0 Å². The molecule has 110 valence electrons. The van der Waals surface area contributed by atoms with Gasteiger partial charge in [-0.15, -0.1) is 0 Å². The minimum atomic E-state index is -0.00623. The van der Waals surface area contributed by atoms with E-state index in [1.165, 1.54) is 0 Å². The zero-order valence-corrected chi connectivity index (χ0v) is 12.7. The third-order valence-corrected chi connectivity index (χ3v) is 3.38. The molecule has 3 heteroatoms. The predicted octanol–water partition coefficient (Wildman–Crippen LogP) is 4.00. The Kier molecular flexibility index (Phi) is 4.99. The lowest BCUT2D eigenvalue weighted by Gasteiger charge is -2.13. The molecule has 0 heterocycles. The summed E-state index contributed by atoms with van der Waals surface area (Å²) in [6.45, 7) is 4.24. The van der Waals surface area contributed by atoms with Crippen molar-refractivity contribution in [1.29, 1.82) is 0 Å². The number of carbonyl (C=O) groups is 1. The topological polar surface area (TPSA) is 38.3 Å². The predicted molar refractivity (Wildman–Crippen MR) is 85.9 cm³/mol. The molecule has 0 saturated carbocycles. The van der Waals surface area contributed by atoms with Gasteiger partial charge < -0.3 is 10.1 Å². The highest BCUT2D eigenvalue weighted by Gasteiger charge is 2.09. The Morgan fingerprint density at radius 1 is 1.10 bits per heavy atom. The molecule has 1 amide bonds. The Hall–Kier alpha value is -2.29. The van der Waals surface area contributed by atoms with E-state index in [0.29, 0.717) is 12.3 Å². The van der Waals surface area contributed by atoms with Crippen LogP contribution in [-0.4, -0.2) is 13.0 Å². The van der Waals surface area contributed by atoms with Gasteiger partial charge in [0.25, 0.3) is 0 Å². The fourth-order valence-electron chi connectivity index (χ4n) is 2.24. The van der Waals surface area contributed by atoms with Gasteiger partial charge in [0.1, 0.15) is 5.75 Å². The quantitative estimate of drug-likeness (QED) is 0.900. The van der Waals surface area contributed by atoms with Gasteiger partial charge in [-0.2, -0.15) is 0 Å². The van der Waals surface area contributed by atoms with Gasteiger partial charge >= 0.3 is 0 Å². The zero-order chi connectivity index (χ0) is 15.2. The van der Waals surface area contributed by atoms with Gasteiger partial charge in [-0.25, -0.2) is 0 Å². The number of ether oxygens (including phenoxy) is 1. The maximum Gasteiger partial charge on any atom is 0.228 e. The summed E-state index contributed by atoms with van der Waals surface area (Å²) in [5, 5.41) is 3.00. The Bertz CT molecular complexity index is 603. The van der Waals surface area contributed by atoms with Crippen LogP contribution in [0.1, 0.15) is 30.9 Å². The van der Waals surface area contributed by atoms with Gasteiger partial charge in [0.05, 0.1) is 13.5 Å². The molecular formula is C18H21NO2. The maximum absolute atomic E-state index is 12.2. The molecule has 21 heavy (non-hydrogen) atoms. The first-order chi connectivity index (χ1) is 10.1. The molecule has 0 radical (unpaired) electrons. The molecule has 2 aromatic rings. The van der Waals surface area contributed by atoms with Crippen molar-refractivity contribution in [1.82, 2.24) is 0 Å². The average Bonchev–Trinajstić information content (AvgIpc) is 2.48. The van der Waals surface area contributed by atoms with Crippen LogP contribution in [0.2, 0.25) is 0 Å². The normalized spacial score (nSPS) is 10.5. The summed E-state index contributed by atoms with van der Waals surface area (Å²) < 4.78 is 5.11. The average molecular weight is 283 g/mol. The molecule has 0 fully saturated rings. The molecule has 2 aromatic carbocycles. The van der Waals surface area contributed by atoms with E-state index in [2.05, 4.69) is 19.2 Å². The van der Waals surface area contributed by atoms with Crippen molar-refractivity contribution in [2.24, 2.45) is 0 Å². The van der Waals surface area contributed by atoms with Crippen molar-refractivity contribution in [3.8, 4) is 5.75 Å². The van der Waals surface area contributed by atoms with E-state index in [0.717, 1.165) is 22.6 Å². The molecule has 0 spiro atoms. The third-order valence-electron chi connectivity index (χ3n) is 3.38. The standard InChI is InChI=1S/C18H21NO2/c1-13(2)16-6-4-5-7-17(16)19-18(20)12-14-8-10-15(21-3)11-9-14/h4-11,13H,12H2,1-3H3,(H,19,20). The fraction of sp³-hybridized carbons (Fsp3) is 0.278. The van der Waals surface area contributed by atoms with Gasteiger partial charge in [0.2, 0.25) is 5.91 Å². The Morgan fingerprint density at radius 3 is 2.38 bits per heavy atom. The first-order valence-electron chi connectivity index (χ1n) is 7.12. The lowest BCUT2D eigenvalue weighted by molar-refractivity contribution is -0.115. The van der Waals surface area contributed by atoms with E-state index >= 15 is 0 Å². The summed E-state index contributed by atoms with van der Waals surface area (Å²) in [7, 11) is 1.63. The van der Waals surface area contributed by atoms with E-state index < -0.39 is 0 Å². The van der Waals surface area contributed by atoms with Crippen LogP contribution in [0, 0.1) is 0 Å². The monoisotopic (exact) mass is 283 g/mol. The number of methoxy groups -OCH3 is 1. The summed E-state index contributed by atoms with van der Waals surface area (Å²) in [6.07, 6.45) is 0.358. The van der Waals surface area contributed by atoms with Crippen molar-refractivity contribution in [3.05, 3.63) is 59.7 Å². The Morgan fingerprint density at radius 2 is 1.76 bits per heavy atom. The van der Waals surface area contributed by atoms with E-state index in [4.69, 9.17) is 4.74 Å². The molecule has 0 aliphatic carbocycles. The number of hydrogen-bond donors (Lipinski definition) is 1. The molecule has 0 aliphatic rings. The number of para-hydroxylation sites is 1. The second-order valence-electron chi connectivity index (χ2n) is 5.31. The SMILES string of the molecule is COc1ccc(CC(=O)Nc2ccccc2C(C)C)cc1. The zero-order valence-electron chi connectivity index (χ0n) is 12.7. The van der Waals surface area contributed by atoms with Crippen molar-refractivity contribution < 1.29 is 9.53 Å². The van der Waals surface area contributed by atoms with Crippen LogP contribution < -0.4 is 10.1 Å². The van der Waals surface area contributed by atoms with Crippen molar-refractivity contribution in [2.75, 3.05) is 12.4 Å². The van der Waals surface area contributed by atoms with Gasteiger partial charge in [-0.05, 0) is 35.2 Å². The number of rotatable bonds is 5. The van der Waals surface area contributed by atoms with Gasteiger partial charge in [-0.3, -0.25) is 4.79 Å². The van der Waals surface area contributed by atoms with Gasteiger partial charge in [-0.1, -0.05) is 44.2 Å². The van der Waals surface area contributed by atoms with Crippen LogP contribution in [0.3, 0.4) is 0 Å². The number of carbonyl (C=O) groups excluding carboxylic acids is 1. The van der Waals surface area contributed by atoms with Crippen LogP contribution >= 0.6 is 0 Å². The van der Waals surface area contributed by atoms with Crippen LogP contribution in [0.4, 0.5) is 5.69 Å². The van der Waals surface area contributed by atoms with E-state index in [1.54, 1.807) is 7.11 Å². The smallest absolute Gasteiger partial charge is 0.228 e. The van der Waals surface area contributed by atoms with Crippen molar-refractivity contribution in [3.63, 3.8) is 0 Å². The molecule has 0 unspecified atom stereocenters. The maximum atomic E-state index is 12.2. The highest BCUT2D eigenvalue weighted by Crippen LogP contribution is 2.23. The molecule has 2 rings (SSSR count). The van der Waals surface area contributed by atoms with E-state index in [-0.39, 0.29) is 5.91 Å². The number of nitrogens with one attached hydrogen (secondary N) is 1. The molecule has 1 N–H and O–H groups in total. The summed E-state index contributed by atoms with van der Waals surface area (Å²) in [5.41, 5.74) is 3.02. The fourth-order valence-corrected chi connectivity index (χ4v) is 2.24. The summed E-state index contributed by atoms with van der Waals surface area (Å²) in [6, 6.07) is 15.5. The first kappa shape index (κ1) is 15.1.